The van der Waals surface area contributed by atoms with E-state index in [1.165, 1.54) is 11.1 Å². The normalized spacial score (nSPS) is 11.1. The van der Waals surface area contributed by atoms with Crippen molar-refractivity contribution in [2.24, 2.45) is 4.99 Å². The molecule has 0 spiro atoms. The first-order chi connectivity index (χ1) is 15.7. The smallest absolute Gasteiger partial charge is 0.191 e. The van der Waals surface area contributed by atoms with Crippen molar-refractivity contribution in [3.63, 3.8) is 0 Å². The topological polar surface area (TPSA) is 72.7 Å². The molecule has 0 aliphatic carbocycles. The van der Waals surface area contributed by atoms with Gasteiger partial charge in [0, 0.05) is 44.7 Å². The summed E-state index contributed by atoms with van der Waals surface area (Å²) in [6.07, 6.45) is 5.59. The average Bonchev–Trinajstić information content (AvgIpc) is 3.31. The minimum atomic E-state index is 0. The Bertz CT molecular complexity index is 975. The molecule has 0 radical (unpaired) electrons. The van der Waals surface area contributed by atoms with E-state index in [-0.39, 0.29) is 24.0 Å². The van der Waals surface area contributed by atoms with E-state index in [1.54, 1.807) is 13.3 Å². The van der Waals surface area contributed by atoms with E-state index in [2.05, 4.69) is 76.5 Å². The number of benzene rings is 2. The molecular weight excluding hydrogens is 529 g/mol. The van der Waals surface area contributed by atoms with Crippen LogP contribution in [0.4, 0.5) is 0 Å². The molecule has 8 heteroatoms. The molecule has 3 rings (SSSR count). The van der Waals surface area contributed by atoms with E-state index in [9.17, 15) is 0 Å². The van der Waals surface area contributed by atoms with Crippen LogP contribution < -0.4 is 15.4 Å². The lowest BCUT2D eigenvalue weighted by Gasteiger charge is -2.15. The monoisotopic (exact) mass is 563 g/mol. The van der Waals surface area contributed by atoms with Gasteiger partial charge in [-0.15, -0.1) is 24.0 Å². The van der Waals surface area contributed by atoms with Gasteiger partial charge in [-0.3, -0.25) is 0 Å². The predicted molar refractivity (Wildman–Crippen MR) is 143 cm³/mol. The van der Waals surface area contributed by atoms with Gasteiger partial charge in [0.25, 0.3) is 0 Å². The van der Waals surface area contributed by atoms with Gasteiger partial charge < -0.3 is 24.7 Å². The van der Waals surface area contributed by atoms with E-state index in [0.29, 0.717) is 26.3 Å². The third kappa shape index (κ3) is 9.05. The van der Waals surface area contributed by atoms with Gasteiger partial charge in [0.2, 0.25) is 0 Å². The predicted octanol–water partition coefficient (Wildman–Crippen LogP) is 4.14. The summed E-state index contributed by atoms with van der Waals surface area (Å²) in [7, 11) is 1.68. The zero-order valence-corrected chi connectivity index (χ0v) is 21.9. The fourth-order valence-electron chi connectivity index (χ4n) is 3.21. The van der Waals surface area contributed by atoms with Crippen LogP contribution in [0.3, 0.4) is 0 Å². The van der Waals surface area contributed by atoms with Gasteiger partial charge >= 0.3 is 0 Å². The number of guanidine groups is 1. The fourth-order valence-corrected chi connectivity index (χ4v) is 3.21. The minimum Gasteiger partial charge on any atom is -0.491 e. The summed E-state index contributed by atoms with van der Waals surface area (Å²) < 4.78 is 13.0. The first-order valence-corrected chi connectivity index (χ1v) is 10.9. The van der Waals surface area contributed by atoms with E-state index >= 15 is 0 Å². The summed E-state index contributed by atoms with van der Waals surface area (Å²) in [6, 6.07) is 14.8. The molecule has 0 atom stereocenters. The van der Waals surface area contributed by atoms with Gasteiger partial charge in [-0.1, -0.05) is 36.4 Å². The number of hydrogen-bond acceptors (Lipinski definition) is 4. The number of aliphatic imine (C=N–C) groups is 1. The molecule has 1 aromatic heterocycles. The maximum Gasteiger partial charge on any atom is 0.191 e. The molecule has 0 saturated heterocycles. The van der Waals surface area contributed by atoms with Crippen molar-refractivity contribution >= 4 is 29.9 Å². The molecule has 0 aliphatic rings. The Hall–Kier alpha value is -2.59. The summed E-state index contributed by atoms with van der Waals surface area (Å²) in [4.78, 5) is 8.83. The number of aromatic nitrogens is 2. The highest BCUT2D eigenvalue weighted by atomic mass is 127. The lowest BCUT2D eigenvalue weighted by atomic mass is 10.1. The molecule has 0 unspecified atom stereocenters. The highest BCUT2D eigenvalue weighted by Crippen LogP contribution is 2.20. The first-order valence-electron chi connectivity index (χ1n) is 10.9. The van der Waals surface area contributed by atoms with Crippen LogP contribution in [0.25, 0.3) is 0 Å². The second kappa shape index (κ2) is 14.5. The van der Waals surface area contributed by atoms with Crippen molar-refractivity contribution in [3.8, 4) is 5.75 Å². The Balaban J connectivity index is 0.00000385. The SMILES string of the molecule is CCNC(=NCc1ccc(Cn2ccnc2)cc1)NCc1ccc(C)cc1OCCOC.I. The third-order valence-electron chi connectivity index (χ3n) is 4.93. The number of rotatable bonds is 11. The van der Waals surface area contributed by atoms with Crippen molar-refractivity contribution in [3.05, 3.63) is 83.4 Å². The molecule has 0 bridgehead atoms. The largest absolute Gasteiger partial charge is 0.491 e. The average molecular weight is 563 g/mol. The van der Waals surface area contributed by atoms with Crippen LogP contribution in [0.5, 0.6) is 5.75 Å². The number of halogens is 1. The van der Waals surface area contributed by atoms with Gasteiger partial charge in [-0.05, 0) is 36.6 Å². The number of hydrogen-bond donors (Lipinski definition) is 2. The van der Waals surface area contributed by atoms with Crippen LogP contribution in [0.2, 0.25) is 0 Å². The Kier molecular flexibility index (Phi) is 11.7. The standard InChI is InChI=1S/C25H33N5O2.HI/c1-4-27-25(29-17-23-10-5-20(2)15-24(23)32-14-13-31-3)28-16-21-6-8-22(9-7-21)18-30-12-11-26-19-30;/h5-12,15,19H,4,13-14,16-18H2,1-3H3,(H2,27,28,29);1H. The molecule has 1 heterocycles. The molecule has 0 fully saturated rings. The maximum absolute atomic E-state index is 5.90. The molecular formula is C25H34IN5O2. The van der Waals surface area contributed by atoms with Crippen molar-refractivity contribution in [2.75, 3.05) is 26.9 Å². The Morgan fingerprint density at radius 3 is 2.55 bits per heavy atom. The quantitative estimate of drug-likeness (QED) is 0.159. The van der Waals surface area contributed by atoms with Crippen LogP contribution in [-0.2, 0) is 24.4 Å². The van der Waals surface area contributed by atoms with Crippen LogP contribution in [0.1, 0.15) is 29.2 Å². The Morgan fingerprint density at radius 1 is 1.06 bits per heavy atom. The molecule has 2 aromatic carbocycles. The number of ether oxygens (including phenoxy) is 2. The maximum atomic E-state index is 5.90. The summed E-state index contributed by atoms with van der Waals surface area (Å²) >= 11 is 0. The molecule has 7 nitrogen and oxygen atoms in total. The minimum absolute atomic E-state index is 0. The van der Waals surface area contributed by atoms with E-state index in [0.717, 1.165) is 35.9 Å². The van der Waals surface area contributed by atoms with Gasteiger partial charge in [0.05, 0.1) is 19.5 Å². The second-order valence-corrected chi connectivity index (χ2v) is 7.55. The first kappa shape index (κ1) is 26.7. The van der Waals surface area contributed by atoms with E-state index in [1.807, 2.05) is 12.5 Å². The number of nitrogens with one attached hydrogen (secondary N) is 2. The molecule has 0 saturated carbocycles. The Labute approximate surface area is 213 Å². The van der Waals surface area contributed by atoms with Gasteiger partial charge in [0.1, 0.15) is 12.4 Å². The molecule has 0 aliphatic heterocycles. The summed E-state index contributed by atoms with van der Waals surface area (Å²) in [5.74, 6) is 1.65. The molecule has 3 aromatic rings. The lowest BCUT2D eigenvalue weighted by molar-refractivity contribution is 0.145. The molecule has 2 N–H and O–H groups in total. The van der Waals surface area contributed by atoms with Crippen LogP contribution in [-0.4, -0.2) is 42.4 Å². The summed E-state index contributed by atoms with van der Waals surface area (Å²) in [5, 5.41) is 6.73. The Morgan fingerprint density at radius 2 is 1.85 bits per heavy atom. The van der Waals surface area contributed by atoms with Gasteiger partial charge in [-0.25, -0.2) is 9.98 Å². The van der Waals surface area contributed by atoms with Crippen molar-refractivity contribution in [1.29, 1.82) is 0 Å². The number of imidazole rings is 1. The zero-order valence-electron chi connectivity index (χ0n) is 19.6. The lowest BCUT2D eigenvalue weighted by Crippen LogP contribution is -2.36. The van der Waals surface area contributed by atoms with E-state index in [4.69, 9.17) is 14.5 Å². The van der Waals surface area contributed by atoms with Crippen LogP contribution >= 0.6 is 24.0 Å². The second-order valence-electron chi connectivity index (χ2n) is 7.55. The van der Waals surface area contributed by atoms with E-state index < -0.39 is 0 Å². The third-order valence-corrected chi connectivity index (χ3v) is 4.93. The van der Waals surface area contributed by atoms with Gasteiger partial charge in [0.15, 0.2) is 5.96 Å². The number of aryl methyl sites for hydroxylation is 1. The van der Waals surface area contributed by atoms with Crippen molar-refractivity contribution in [2.45, 2.75) is 33.5 Å². The molecule has 33 heavy (non-hydrogen) atoms. The fraction of sp³-hybridized carbons (Fsp3) is 0.360. The zero-order chi connectivity index (χ0) is 22.6. The van der Waals surface area contributed by atoms with Crippen molar-refractivity contribution in [1.82, 2.24) is 20.2 Å². The summed E-state index contributed by atoms with van der Waals surface area (Å²) in [6.45, 7) is 8.05. The van der Waals surface area contributed by atoms with Crippen molar-refractivity contribution < 1.29 is 9.47 Å². The van der Waals surface area contributed by atoms with Crippen LogP contribution in [0.15, 0.2) is 66.2 Å². The number of methoxy groups -OCH3 is 1. The highest BCUT2D eigenvalue weighted by molar-refractivity contribution is 14.0. The molecule has 178 valence electrons. The van der Waals surface area contributed by atoms with Gasteiger partial charge in [-0.2, -0.15) is 0 Å². The number of nitrogens with zero attached hydrogens (tertiary/aromatic N) is 3. The highest BCUT2D eigenvalue weighted by Gasteiger charge is 2.06. The molecule has 0 amide bonds. The summed E-state index contributed by atoms with van der Waals surface area (Å²) in [5.41, 5.74) is 4.65. The van der Waals surface area contributed by atoms with Crippen LogP contribution in [0, 0.1) is 6.92 Å².